The van der Waals surface area contributed by atoms with E-state index in [0.29, 0.717) is 12.6 Å². The molecule has 0 bridgehead atoms. The van der Waals surface area contributed by atoms with Crippen molar-refractivity contribution in [1.29, 1.82) is 0 Å². The summed E-state index contributed by atoms with van der Waals surface area (Å²) in [6.07, 6.45) is 3.06. The van der Waals surface area contributed by atoms with Crippen LogP contribution in [0.2, 0.25) is 0 Å². The van der Waals surface area contributed by atoms with E-state index in [0.717, 1.165) is 38.9 Å². The highest BCUT2D eigenvalue weighted by atomic mass is 16.2. The summed E-state index contributed by atoms with van der Waals surface area (Å²) in [7, 11) is 2.15. The zero-order chi connectivity index (χ0) is 15.1. The van der Waals surface area contributed by atoms with Crippen LogP contribution in [0.5, 0.6) is 0 Å². The molecule has 1 fully saturated rings. The number of piperidine rings is 1. The minimum Gasteiger partial charge on any atom is -0.338 e. The van der Waals surface area contributed by atoms with Gasteiger partial charge >= 0.3 is 6.03 Å². The van der Waals surface area contributed by atoms with Crippen LogP contribution >= 0.6 is 0 Å². The van der Waals surface area contributed by atoms with E-state index in [1.807, 2.05) is 17.9 Å². The van der Waals surface area contributed by atoms with Gasteiger partial charge in [-0.3, -0.25) is 0 Å². The van der Waals surface area contributed by atoms with Crippen molar-refractivity contribution in [3.63, 3.8) is 0 Å². The Bertz CT molecular complexity index is 427. The van der Waals surface area contributed by atoms with Gasteiger partial charge in [-0.2, -0.15) is 0 Å². The van der Waals surface area contributed by atoms with Gasteiger partial charge in [-0.1, -0.05) is 30.3 Å². The van der Waals surface area contributed by atoms with Gasteiger partial charge in [0.1, 0.15) is 0 Å². The molecule has 0 radical (unpaired) electrons. The van der Waals surface area contributed by atoms with Crippen molar-refractivity contribution in [3.8, 4) is 0 Å². The van der Waals surface area contributed by atoms with Crippen LogP contribution < -0.4 is 5.32 Å². The maximum Gasteiger partial charge on any atom is 0.317 e. The number of nitrogens with zero attached hydrogens (tertiary/aromatic N) is 2. The fourth-order valence-corrected chi connectivity index (χ4v) is 2.90. The SMILES string of the molecule is CCNC(=O)N(CCc1ccccc1)C1CCN(C)CC1. The average molecular weight is 289 g/mol. The summed E-state index contributed by atoms with van der Waals surface area (Å²) in [5.41, 5.74) is 1.29. The molecule has 2 rings (SSSR count). The third kappa shape index (κ3) is 4.74. The summed E-state index contributed by atoms with van der Waals surface area (Å²) in [5, 5.41) is 2.96. The Morgan fingerprint density at radius 3 is 2.57 bits per heavy atom. The van der Waals surface area contributed by atoms with Crippen molar-refractivity contribution in [3.05, 3.63) is 35.9 Å². The summed E-state index contributed by atoms with van der Waals surface area (Å²) in [6.45, 7) is 5.61. The molecule has 1 heterocycles. The van der Waals surface area contributed by atoms with Crippen molar-refractivity contribution in [1.82, 2.24) is 15.1 Å². The van der Waals surface area contributed by atoms with Crippen molar-refractivity contribution < 1.29 is 4.79 Å². The molecule has 1 aromatic rings. The van der Waals surface area contributed by atoms with Gasteiger partial charge in [-0.25, -0.2) is 4.79 Å². The Kier molecular flexibility index (Phi) is 6.05. The molecule has 0 saturated carbocycles. The number of carbonyl (C=O) groups is 1. The first-order chi connectivity index (χ1) is 10.2. The number of benzene rings is 1. The smallest absolute Gasteiger partial charge is 0.317 e. The summed E-state index contributed by atoms with van der Waals surface area (Å²) >= 11 is 0. The van der Waals surface area contributed by atoms with Crippen LogP contribution in [0.25, 0.3) is 0 Å². The third-order valence-corrected chi connectivity index (χ3v) is 4.20. The lowest BCUT2D eigenvalue weighted by Crippen LogP contribution is -2.50. The van der Waals surface area contributed by atoms with E-state index in [1.54, 1.807) is 0 Å². The van der Waals surface area contributed by atoms with E-state index < -0.39 is 0 Å². The first-order valence-corrected chi connectivity index (χ1v) is 7.97. The summed E-state index contributed by atoms with van der Waals surface area (Å²) < 4.78 is 0. The van der Waals surface area contributed by atoms with Crippen molar-refractivity contribution in [2.24, 2.45) is 0 Å². The number of nitrogens with one attached hydrogen (secondary N) is 1. The Labute approximate surface area is 128 Å². The quantitative estimate of drug-likeness (QED) is 0.903. The second-order valence-electron chi connectivity index (χ2n) is 5.80. The predicted octanol–water partition coefficient (Wildman–Crippen LogP) is 2.35. The number of carbonyl (C=O) groups excluding carboxylic acids is 1. The number of urea groups is 1. The van der Waals surface area contributed by atoms with Gasteiger partial charge in [-0.05, 0) is 51.9 Å². The largest absolute Gasteiger partial charge is 0.338 e. The van der Waals surface area contributed by atoms with Crippen molar-refractivity contribution in [2.75, 3.05) is 33.2 Å². The topological polar surface area (TPSA) is 35.6 Å². The zero-order valence-electron chi connectivity index (χ0n) is 13.2. The lowest BCUT2D eigenvalue weighted by molar-refractivity contribution is 0.132. The number of rotatable bonds is 5. The number of hydrogen-bond acceptors (Lipinski definition) is 2. The highest BCUT2D eigenvalue weighted by molar-refractivity contribution is 5.74. The first-order valence-electron chi connectivity index (χ1n) is 7.97. The van der Waals surface area contributed by atoms with Gasteiger partial charge in [0, 0.05) is 19.1 Å². The van der Waals surface area contributed by atoms with Crippen LogP contribution in [0.3, 0.4) is 0 Å². The molecule has 21 heavy (non-hydrogen) atoms. The van der Waals surface area contributed by atoms with Gasteiger partial charge in [-0.15, -0.1) is 0 Å². The Hall–Kier alpha value is -1.55. The van der Waals surface area contributed by atoms with Gasteiger partial charge < -0.3 is 15.1 Å². The van der Waals surface area contributed by atoms with Gasteiger partial charge in [0.25, 0.3) is 0 Å². The number of amides is 2. The van der Waals surface area contributed by atoms with Crippen molar-refractivity contribution in [2.45, 2.75) is 32.2 Å². The molecule has 0 atom stereocenters. The second kappa shape index (κ2) is 8.03. The van der Waals surface area contributed by atoms with Gasteiger partial charge in [0.2, 0.25) is 0 Å². The average Bonchev–Trinajstić information content (AvgIpc) is 2.50. The van der Waals surface area contributed by atoms with E-state index in [1.165, 1.54) is 5.56 Å². The standard InChI is InChI=1S/C17H27N3O/c1-3-18-17(21)20(16-10-12-19(2)13-11-16)14-9-15-7-5-4-6-8-15/h4-8,16H,3,9-14H2,1-2H3,(H,18,21). The molecular weight excluding hydrogens is 262 g/mol. The fraction of sp³-hybridized carbons (Fsp3) is 0.588. The minimum absolute atomic E-state index is 0.0861. The van der Waals surface area contributed by atoms with E-state index in [9.17, 15) is 4.79 Å². The monoisotopic (exact) mass is 289 g/mol. The van der Waals surface area contributed by atoms with Crippen molar-refractivity contribution >= 4 is 6.03 Å². The van der Waals surface area contributed by atoms with Gasteiger partial charge in [0.15, 0.2) is 0 Å². The van der Waals surface area contributed by atoms with Crippen LogP contribution in [0.1, 0.15) is 25.3 Å². The lowest BCUT2D eigenvalue weighted by Gasteiger charge is -2.37. The second-order valence-corrected chi connectivity index (χ2v) is 5.80. The fourth-order valence-electron chi connectivity index (χ4n) is 2.90. The van der Waals surface area contributed by atoms with Crippen LogP contribution in [-0.4, -0.2) is 55.1 Å². The first kappa shape index (κ1) is 15.8. The minimum atomic E-state index is 0.0861. The zero-order valence-corrected chi connectivity index (χ0v) is 13.2. The number of hydrogen-bond donors (Lipinski definition) is 1. The van der Waals surface area contributed by atoms with Crippen LogP contribution in [0, 0.1) is 0 Å². The normalized spacial score (nSPS) is 16.7. The number of likely N-dealkylation sites (tertiary alicyclic amines) is 1. The van der Waals surface area contributed by atoms with Crippen LogP contribution in [0.15, 0.2) is 30.3 Å². The molecule has 1 aliphatic heterocycles. The molecular formula is C17H27N3O. The maximum atomic E-state index is 12.3. The molecule has 1 N–H and O–H groups in total. The molecule has 0 aromatic heterocycles. The molecule has 2 amide bonds. The molecule has 1 aliphatic rings. The highest BCUT2D eigenvalue weighted by Crippen LogP contribution is 2.16. The molecule has 1 saturated heterocycles. The summed E-state index contributed by atoms with van der Waals surface area (Å²) in [5.74, 6) is 0. The molecule has 116 valence electrons. The Morgan fingerprint density at radius 1 is 1.29 bits per heavy atom. The molecule has 0 spiro atoms. The molecule has 0 unspecified atom stereocenters. The highest BCUT2D eigenvalue weighted by Gasteiger charge is 2.26. The molecule has 4 nitrogen and oxygen atoms in total. The van der Waals surface area contributed by atoms with E-state index in [-0.39, 0.29) is 6.03 Å². The van der Waals surface area contributed by atoms with Crippen LogP contribution in [0.4, 0.5) is 4.79 Å². The van der Waals surface area contributed by atoms with E-state index in [4.69, 9.17) is 0 Å². The Balaban J connectivity index is 1.96. The molecule has 0 aliphatic carbocycles. The molecule has 1 aromatic carbocycles. The summed E-state index contributed by atoms with van der Waals surface area (Å²) in [6, 6.07) is 10.9. The van der Waals surface area contributed by atoms with Crippen LogP contribution in [-0.2, 0) is 6.42 Å². The molecule has 4 heteroatoms. The van der Waals surface area contributed by atoms with E-state index in [2.05, 4.69) is 41.5 Å². The lowest BCUT2D eigenvalue weighted by atomic mass is 10.0. The van der Waals surface area contributed by atoms with E-state index >= 15 is 0 Å². The van der Waals surface area contributed by atoms with Gasteiger partial charge in [0.05, 0.1) is 0 Å². The third-order valence-electron chi connectivity index (χ3n) is 4.20. The maximum absolute atomic E-state index is 12.3. The Morgan fingerprint density at radius 2 is 1.95 bits per heavy atom. The summed E-state index contributed by atoms with van der Waals surface area (Å²) in [4.78, 5) is 16.7. The predicted molar refractivity (Wildman–Crippen MR) is 86.4 cm³/mol.